The van der Waals surface area contributed by atoms with Gasteiger partial charge in [0.05, 0.1) is 6.10 Å². The van der Waals surface area contributed by atoms with Crippen LogP contribution in [0.2, 0.25) is 0 Å². The zero-order valence-electron chi connectivity index (χ0n) is 9.70. The zero-order chi connectivity index (χ0) is 13.2. The summed E-state index contributed by atoms with van der Waals surface area (Å²) in [7, 11) is 0. The molecule has 0 bridgehead atoms. The lowest BCUT2D eigenvalue weighted by atomic mass is 9.94. The molecule has 2 rings (SSSR count). The van der Waals surface area contributed by atoms with Crippen molar-refractivity contribution in [2.75, 3.05) is 6.54 Å². The summed E-state index contributed by atoms with van der Waals surface area (Å²) < 4.78 is 5.62. The van der Waals surface area contributed by atoms with E-state index in [2.05, 4.69) is 5.32 Å². The highest BCUT2D eigenvalue weighted by Crippen LogP contribution is 2.27. The minimum absolute atomic E-state index is 0.257. The van der Waals surface area contributed by atoms with E-state index in [-0.39, 0.29) is 12.8 Å². The molecule has 6 heteroatoms. The van der Waals surface area contributed by atoms with Crippen molar-refractivity contribution >= 4 is 11.9 Å². The maximum atomic E-state index is 11.3. The third-order valence-corrected chi connectivity index (χ3v) is 3.16. The molecule has 18 heavy (non-hydrogen) atoms. The van der Waals surface area contributed by atoms with Gasteiger partial charge in [-0.2, -0.15) is 0 Å². The Labute approximate surface area is 104 Å². The molecule has 3 atom stereocenters. The predicted molar refractivity (Wildman–Crippen MR) is 62.2 cm³/mol. The van der Waals surface area contributed by atoms with Crippen molar-refractivity contribution in [3.8, 4) is 0 Å². The van der Waals surface area contributed by atoms with Gasteiger partial charge in [0.15, 0.2) is 5.60 Å². The summed E-state index contributed by atoms with van der Waals surface area (Å²) in [5.41, 5.74) is -1.37. The van der Waals surface area contributed by atoms with Crippen LogP contribution in [-0.2, 0) is 14.3 Å². The zero-order valence-corrected chi connectivity index (χ0v) is 9.70. The van der Waals surface area contributed by atoms with Gasteiger partial charge in [0.1, 0.15) is 6.04 Å². The van der Waals surface area contributed by atoms with Gasteiger partial charge in [0.2, 0.25) is 0 Å². The number of allylic oxidation sites excluding steroid dienone is 2. The molecular weight excluding hydrogens is 238 g/mol. The van der Waals surface area contributed by atoms with Crippen molar-refractivity contribution in [1.29, 1.82) is 0 Å². The highest BCUT2D eigenvalue weighted by Gasteiger charge is 2.42. The molecule has 0 aromatic carbocycles. The van der Waals surface area contributed by atoms with E-state index >= 15 is 0 Å². The van der Waals surface area contributed by atoms with Crippen molar-refractivity contribution in [1.82, 2.24) is 5.32 Å². The number of nitrogens with one attached hydrogen (secondary N) is 1. The summed E-state index contributed by atoms with van der Waals surface area (Å²) >= 11 is 0. The van der Waals surface area contributed by atoms with Crippen LogP contribution in [-0.4, -0.2) is 46.4 Å². The Balaban J connectivity index is 2.03. The predicted octanol–water partition coefficient (Wildman–Crippen LogP) is 0.158. The summed E-state index contributed by atoms with van der Waals surface area (Å²) in [6.45, 7) is 0.351. The Morgan fingerprint density at radius 1 is 1.33 bits per heavy atom. The summed E-state index contributed by atoms with van der Waals surface area (Å²) in [4.78, 5) is 22.1. The Bertz CT molecular complexity index is 417. The van der Waals surface area contributed by atoms with E-state index in [0.717, 1.165) is 0 Å². The first-order valence-electron chi connectivity index (χ1n) is 5.75. The molecule has 0 aromatic heterocycles. The first kappa shape index (κ1) is 12.8. The fraction of sp³-hybridized carbons (Fsp3) is 0.500. The number of ether oxygens (including phenoxy) is 1. The van der Waals surface area contributed by atoms with Gasteiger partial charge in [0, 0.05) is 19.4 Å². The number of hydrogen-bond donors (Lipinski definition) is 3. The smallest absolute Gasteiger partial charge is 0.340 e. The average molecular weight is 253 g/mol. The van der Waals surface area contributed by atoms with E-state index < -0.39 is 29.7 Å². The second-order valence-electron chi connectivity index (χ2n) is 4.46. The van der Waals surface area contributed by atoms with Gasteiger partial charge in [-0.05, 0) is 6.08 Å². The van der Waals surface area contributed by atoms with Gasteiger partial charge in [0.25, 0.3) is 0 Å². The largest absolute Gasteiger partial charge is 0.480 e. The molecule has 1 unspecified atom stereocenters. The maximum Gasteiger partial charge on any atom is 0.340 e. The molecule has 3 N–H and O–H groups in total. The van der Waals surface area contributed by atoms with Crippen molar-refractivity contribution in [2.45, 2.75) is 30.6 Å². The van der Waals surface area contributed by atoms with Crippen LogP contribution in [0.3, 0.4) is 0 Å². The highest BCUT2D eigenvalue weighted by atomic mass is 16.5. The molecule has 1 saturated heterocycles. The molecule has 0 radical (unpaired) electrons. The van der Waals surface area contributed by atoms with Crippen LogP contribution in [0.25, 0.3) is 0 Å². The van der Waals surface area contributed by atoms with E-state index in [1.54, 1.807) is 18.2 Å². The van der Waals surface area contributed by atoms with Gasteiger partial charge in [-0.15, -0.1) is 0 Å². The number of aliphatic carboxylic acids is 2. The van der Waals surface area contributed by atoms with Crippen molar-refractivity contribution in [2.24, 2.45) is 0 Å². The number of carboxylic acid groups (broad SMARTS) is 2. The Hall–Kier alpha value is -1.66. The quantitative estimate of drug-likeness (QED) is 0.660. The number of rotatable bonds is 4. The normalized spacial score (nSPS) is 34.7. The van der Waals surface area contributed by atoms with E-state index in [1.165, 1.54) is 6.08 Å². The maximum absolute atomic E-state index is 11.3. The summed E-state index contributed by atoms with van der Waals surface area (Å²) in [6.07, 6.45) is 6.76. The third kappa shape index (κ3) is 2.44. The Morgan fingerprint density at radius 2 is 2.11 bits per heavy atom. The molecular formula is C12H15NO5. The SMILES string of the molecule is O=C(O)[C@@H]1C[C@H](OC2(C(=O)O)C=CC=CC2)CN1. The minimum Gasteiger partial charge on any atom is -0.480 e. The lowest BCUT2D eigenvalue weighted by Crippen LogP contribution is -2.43. The second kappa shape index (κ2) is 4.91. The van der Waals surface area contributed by atoms with Crippen LogP contribution in [0.4, 0.5) is 0 Å². The van der Waals surface area contributed by atoms with Gasteiger partial charge < -0.3 is 20.3 Å². The Kier molecular flexibility index (Phi) is 3.49. The number of carbonyl (C=O) groups is 2. The van der Waals surface area contributed by atoms with E-state index in [1.807, 2.05) is 0 Å². The second-order valence-corrected chi connectivity index (χ2v) is 4.46. The van der Waals surface area contributed by atoms with Crippen molar-refractivity contribution < 1.29 is 24.5 Å². The molecule has 98 valence electrons. The highest BCUT2D eigenvalue weighted by molar-refractivity contribution is 5.81. The molecule has 1 heterocycles. The van der Waals surface area contributed by atoms with Gasteiger partial charge in [-0.25, -0.2) is 4.79 Å². The average Bonchev–Trinajstić information content (AvgIpc) is 2.78. The minimum atomic E-state index is -1.37. The molecule has 1 aliphatic carbocycles. The van der Waals surface area contributed by atoms with Crippen LogP contribution < -0.4 is 5.32 Å². The molecule has 0 aromatic rings. The van der Waals surface area contributed by atoms with Crippen LogP contribution in [0, 0.1) is 0 Å². The molecule has 6 nitrogen and oxygen atoms in total. The monoisotopic (exact) mass is 253 g/mol. The standard InChI is InChI=1S/C12H15NO5/c14-10(15)9-6-8(7-13-9)18-12(11(16)17)4-2-1-3-5-12/h1-4,8-9,13H,5-7H2,(H,14,15)(H,16,17)/t8-,9-,12?/m0/s1. The van der Waals surface area contributed by atoms with Crippen LogP contribution in [0.5, 0.6) is 0 Å². The fourth-order valence-corrected chi connectivity index (χ4v) is 2.18. The molecule has 0 saturated carbocycles. The first-order valence-corrected chi connectivity index (χ1v) is 5.75. The first-order chi connectivity index (χ1) is 8.53. The molecule has 1 fully saturated rings. The lowest BCUT2D eigenvalue weighted by molar-refractivity contribution is -0.164. The Morgan fingerprint density at radius 3 is 2.61 bits per heavy atom. The topological polar surface area (TPSA) is 95.9 Å². The summed E-state index contributed by atoms with van der Waals surface area (Å²) in [5, 5.41) is 20.9. The van der Waals surface area contributed by atoms with Gasteiger partial charge in [-0.1, -0.05) is 18.2 Å². The van der Waals surface area contributed by atoms with Crippen LogP contribution >= 0.6 is 0 Å². The summed E-state index contributed by atoms with van der Waals surface area (Å²) in [6, 6.07) is -0.663. The number of hydrogen-bond acceptors (Lipinski definition) is 4. The molecule has 0 spiro atoms. The van der Waals surface area contributed by atoms with E-state index in [0.29, 0.717) is 6.54 Å². The molecule has 0 amide bonds. The molecule has 1 aliphatic heterocycles. The van der Waals surface area contributed by atoms with E-state index in [4.69, 9.17) is 9.84 Å². The van der Waals surface area contributed by atoms with Gasteiger partial charge in [-0.3, -0.25) is 4.79 Å². The van der Waals surface area contributed by atoms with Crippen molar-refractivity contribution in [3.63, 3.8) is 0 Å². The fourth-order valence-electron chi connectivity index (χ4n) is 2.18. The third-order valence-electron chi connectivity index (χ3n) is 3.16. The van der Waals surface area contributed by atoms with Crippen LogP contribution in [0.15, 0.2) is 24.3 Å². The van der Waals surface area contributed by atoms with Gasteiger partial charge >= 0.3 is 11.9 Å². The number of carboxylic acids is 2. The molecule has 2 aliphatic rings. The van der Waals surface area contributed by atoms with Crippen LogP contribution in [0.1, 0.15) is 12.8 Å². The van der Waals surface area contributed by atoms with Crippen molar-refractivity contribution in [3.05, 3.63) is 24.3 Å². The summed E-state index contributed by atoms with van der Waals surface area (Å²) in [5.74, 6) is -1.99. The van der Waals surface area contributed by atoms with E-state index in [9.17, 15) is 14.7 Å². The lowest BCUT2D eigenvalue weighted by Gasteiger charge is -2.29.